The Hall–Kier alpha value is -3.82. The highest BCUT2D eigenvalue weighted by atomic mass is 35.5. The second-order valence-electron chi connectivity index (χ2n) is 10.6. The van der Waals surface area contributed by atoms with Crippen LogP contribution in [0.25, 0.3) is 11.1 Å². The molecule has 0 N–H and O–H groups in total. The lowest BCUT2D eigenvalue weighted by Crippen LogP contribution is -3.00. The van der Waals surface area contributed by atoms with Gasteiger partial charge in [-0.15, -0.1) is 0 Å². The molecule has 0 aromatic heterocycles. The first kappa shape index (κ1) is 32.4. The molecule has 0 saturated heterocycles. The summed E-state index contributed by atoms with van der Waals surface area (Å²) in [6.45, 7) is 1.43. The highest BCUT2D eigenvalue weighted by Crippen LogP contribution is 2.30. The van der Waals surface area contributed by atoms with Crippen molar-refractivity contribution in [2.24, 2.45) is 0 Å². The first-order chi connectivity index (χ1) is 17.9. The zero-order valence-electron chi connectivity index (χ0n) is 22.8. The lowest BCUT2D eigenvalue weighted by molar-refractivity contribution is -0.385. The van der Waals surface area contributed by atoms with E-state index in [1.807, 2.05) is 24.3 Å². The molecule has 0 bridgehead atoms. The maximum absolute atomic E-state index is 10.9. The fraction of sp³-hybridized carbons (Fsp3) is 0.200. The standard InChI is InChI=1S/C30H32N4O4.2ClH/c1-33(2,21-23-5-13-27(14-6-23)31(35)36)29-17-9-25(10-18-29)26-11-19-30(20-12-26)34(3,4)22-24-7-15-28(16-8-24)32(37)38;;/h5-20H,21-22H2,1-4H3;2*1H/q+2;;/p-2. The lowest BCUT2D eigenvalue weighted by Gasteiger charge is -2.30. The van der Waals surface area contributed by atoms with Gasteiger partial charge in [-0.1, -0.05) is 0 Å². The van der Waals surface area contributed by atoms with Crippen molar-refractivity contribution < 1.29 is 34.7 Å². The molecule has 0 spiro atoms. The van der Waals surface area contributed by atoms with E-state index in [-0.39, 0.29) is 46.0 Å². The quantitative estimate of drug-likeness (QED) is 0.165. The van der Waals surface area contributed by atoms with Gasteiger partial charge in [0, 0.05) is 35.4 Å². The van der Waals surface area contributed by atoms with Gasteiger partial charge in [-0.3, -0.25) is 29.2 Å². The van der Waals surface area contributed by atoms with Crippen molar-refractivity contribution in [2.75, 3.05) is 28.2 Å². The molecule has 0 saturated carbocycles. The van der Waals surface area contributed by atoms with Crippen LogP contribution in [0.3, 0.4) is 0 Å². The molecule has 4 aromatic carbocycles. The summed E-state index contributed by atoms with van der Waals surface area (Å²) in [5.74, 6) is 0. The van der Waals surface area contributed by atoms with E-state index in [1.54, 1.807) is 24.3 Å². The lowest BCUT2D eigenvalue weighted by atomic mass is 10.0. The number of nitro groups is 2. The molecule has 40 heavy (non-hydrogen) atoms. The summed E-state index contributed by atoms with van der Waals surface area (Å²) in [7, 11) is 8.48. The Morgan fingerprint density at radius 3 is 1.02 bits per heavy atom. The molecule has 0 aliphatic carbocycles. The maximum atomic E-state index is 10.9. The van der Waals surface area contributed by atoms with E-state index in [4.69, 9.17) is 0 Å². The average Bonchev–Trinajstić information content (AvgIpc) is 2.89. The normalized spacial score (nSPS) is 11.2. The fourth-order valence-electron chi connectivity index (χ4n) is 4.66. The molecule has 8 nitrogen and oxygen atoms in total. The van der Waals surface area contributed by atoms with Crippen LogP contribution >= 0.6 is 0 Å². The van der Waals surface area contributed by atoms with Crippen LogP contribution in [0.4, 0.5) is 22.7 Å². The van der Waals surface area contributed by atoms with E-state index in [2.05, 4.69) is 76.7 Å². The summed E-state index contributed by atoms with van der Waals surface area (Å²) in [6, 6.07) is 30.5. The Bertz CT molecular complexity index is 1330. The number of benzene rings is 4. The zero-order valence-corrected chi connectivity index (χ0v) is 24.3. The van der Waals surface area contributed by atoms with Crippen molar-refractivity contribution >= 4 is 22.7 Å². The van der Waals surface area contributed by atoms with Gasteiger partial charge in [0.15, 0.2) is 0 Å². The van der Waals surface area contributed by atoms with Crippen molar-refractivity contribution in [1.29, 1.82) is 0 Å². The Morgan fingerprint density at radius 2 is 0.775 bits per heavy atom. The zero-order chi connectivity index (χ0) is 27.5. The van der Waals surface area contributed by atoms with Crippen LogP contribution in [0.5, 0.6) is 0 Å². The smallest absolute Gasteiger partial charge is 0.269 e. The maximum Gasteiger partial charge on any atom is 0.269 e. The van der Waals surface area contributed by atoms with Crippen molar-refractivity contribution in [3.8, 4) is 11.1 Å². The van der Waals surface area contributed by atoms with Crippen LogP contribution in [0.2, 0.25) is 0 Å². The number of nitrogens with zero attached hydrogens (tertiary/aromatic N) is 4. The summed E-state index contributed by atoms with van der Waals surface area (Å²) in [5, 5.41) is 21.8. The number of nitro benzene ring substituents is 2. The van der Waals surface area contributed by atoms with E-state index < -0.39 is 0 Å². The summed E-state index contributed by atoms with van der Waals surface area (Å²) >= 11 is 0. The van der Waals surface area contributed by atoms with E-state index in [1.165, 1.54) is 0 Å². The van der Waals surface area contributed by atoms with Gasteiger partial charge in [0.05, 0.1) is 38.0 Å². The van der Waals surface area contributed by atoms with Crippen molar-refractivity contribution in [3.63, 3.8) is 0 Å². The van der Waals surface area contributed by atoms with Crippen molar-refractivity contribution in [1.82, 2.24) is 8.97 Å². The molecular formula is C30H32Cl2N4O4. The summed E-state index contributed by atoms with van der Waals surface area (Å²) in [5.41, 5.74) is 6.80. The topological polar surface area (TPSA) is 86.3 Å². The number of hydrogen-bond acceptors (Lipinski definition) is 4. The molecule has 0 amide bonds. The largest absolute Gasteiger partial charge is 1.00 e. The third-order valence-electron chi connectivity index (χ3n) is 6.92. The van der Waals surface area contributed by atoms with Gasteiger partial charge in [-0.25, -0.2) is 0 Å². The molecule has 0 atom stereocenters. The predicted molar refractivity (Wildman–Crippen MR) is 153 cm³/mol. The van der Waals surface area contributed by atoms with Crippen LogP contribution in [-0.2, 0) is 13.1 Å². The van der Waals surface area contributed by atoms with Gasteiger partial charge in [0.25, 0.3) is 11.4 Å². The first-order valence-electron chi connectivity index (χ1n) is 12.3. The fourth-order valence-corrected chi connectivity index (χ4v) is 4.66. The summed E-state index contributed by atoms with van der Waals surface area (Å²) in [4.78, 5) is 21.1. The minimum absolute atomic E-state index is 0. The summed E-state index contributed by atoms with van der Waals surface area (Å²) < 4.78 is 1.23. The molecule has 0 unspecified atom stereocenters. The van der Waals surface area contributed by atoms with E-state index in [9.17, 15) is 20.2 Å². The second-order valence-corrected chi connectivity index (χ2v) is 10.6. The first-order valence-corrected chi connectivity index (χ1v) is 12.3. The van der Waals surface area contributed by atoms with Crippen LogP contribution in [0.1, 0.15) is 11.1 Å². The van der Waals surface area contributed by atoms with E-state index in [0.717, 1.165) is 33.6 Å². The monoisotopic (exact) mass is 582 g/mol. The number of hydrogen-bond donors (Lipinski definition) is 0. The van der Waals surface area contributed by atoms with Crippen molar-refractivity contribution in [3.05, 3.63) is 128 Å². The van der Waals surface area contributed by atoms with Gasteiger partial charge in [-0.2, -0.15) is 0 Å². The summed E-state index contributed by atoms with van der Waals surface area (Å²) in [6.07, 6.45) is 0. The molecule has 0 fully saturated rings. The minimum atomic E-state index is -0.381. The van der Waals surface area contributed by atoms with Crippen LogP contribution in [0, 0.1) is 20.2 Å². The highest BCUT2D eigenvalue weighted by molar-refractivity contribution is 5.67. The molecule has 0 radical (unpaired) electrons. The molecule has 4 rings (SSSR count). The minimum Gasteiger partial charge on any atom is -1.00 e. The van der Waals surface area contributed by atoms with E-state index >= 15 is 0 Å². The molecule has 0 aliphatic heterocycles. The second kappa shape index (κ2) is 13.0. The molecule has 0 aliphatic rings. The van der Waals surface area contributed by atoms with Gasteiger partial charge in [0.1, 0.15) is 24.5 Å². The van der Waals surface area contributed by atoms with Crippen LogP contribution < -0.4 is 33.8 Å². The molecule has 4 aromatic rings. The third-order valence-corrected chi connectivity index (χ3v) is 6.92. The third kappa shape index (κ3) is 7.64. The SMILES string of the molecule is C[N+](C)(Cc1ccc([N+](=O)[O-])cc1)c1ccc(-c2ccc([N+](C)(C)Cc3ccc([N+](=O)[O-])cc3)cc2)cc1.[Cl-].[Cl-]. The number of quaternary nitrogens is 2. The van der Waals surface area contributed by atoms with Gasteiger partial charge < -0.3 is 24.8 Å². The van der Waals surface area contributed by atoms with Gasteiger partial charge in [-0.05, 0) is 83.9 Å². The molecule has 0 heterocycles. The number of rotatable bonds is 9. The average molecular weight is 584 g/mol. The van der Waals surface area contributed by atoms with Crippen molar-refractivity contribution in [2.45, 2.75) is 13.1 Å². The van der Waals surface area contributed by atoms with Crippen LogP contribution in [-0.4, -0.2) is 38.0 Å². The molecular weight excluding hydrogens is 551 g/mol. The Balaban J connectivity index is 0.00000280. The molecule has 10 heteroatoms. The Morgan fingerprint density at radius 1 is 0.500 bits per heavy atom. The Kier molecular flexibility index (Phi) is 10.5. The number of non-ortho nitro benzene ring substituents is 2. The highest BCUT2D eigenvalue weighted by Gasteiger charge is 2.22. The van der Waals surface area contributed by atoms with Gasteiger partial charge >= 0.3 is 0 Å². The van der Waals surface area contributed by atoms with Gasteiger partial charge in [0.2, 0.25) is 0 Å². The van der Waals surface area contributed by atoms with E-state index in [0.29, 0.717) is 22.1 Å². The van der Waals surface area contributed by atoms with Crippen LogP contribution in [0.15, 0.2) is 97.1 Å². The number of halogens is 2. The molecule has 210 valence electrons. The Labute approximate surface area is 246 Å². The predicted octanol–water partition coefficient (Wildman–Crippen LogP) is 0.712.